The van der Waals surface area contributed by atoms with Crippen LogP contribution in [0.2, 0.25) is 0 Å². The van der Waals surface area contributed by atoms with E-state index in [0.717, 1.165) is 18.2 Å². The normalized spacial score (nSPS) is 10.6. The molecule has 0 N–H and O–H groups in total. The van der Waals surface area contributed by atoms with E-state index in [1.54, 1.807) is 12.1 Å². The van der Waals surface area contributed by atoms with E-state index >= 15 is 0 Å². The molecule has 2 rings (SSSR count). The minimum Gasteiger partial charge on any atom is -0.287 e. The number of ketones is 1. The quantitative estimate of drug-likeness (QED) is 0.489. The fourth-order valence-electron chi connectivity index (χ4n) is 1.67. The number of hydrogen-bond acceptors (Lipinski definition) is 4. The van der Waals surface area contributed by atoms with Gasteiger partial charge in [0.2, 0.25) is 5.78 Å². The number of benzene rings is 1. The van der Waals surface area contributed by atoms with Gasteiger partial charge in [0.25, 0.3) is 12.1 Å². The van der Waals surface area contributed by atoms with Gasteiger partial charge in [-0.05, 0) is 24.3 Å². The van der Waals surface area contributed by atoms with Crippen LogP contribution in [0.5, 0.6) is 0 Å². The zero-order chi connectivity index (χ0) is 14.7. The molecule has 0 bridgehead atoms. The smallest absolute Gasteiger partial charge is 0.279 e. The van der Waals surface area contributed by atoms with Crippen LogP contribution in [0.3, 0.4) is 0 Å². The Bertz CT molecular complexity index is 660. The lowest BCUT2D eigenvalue weighted by Gasteiger charge is -2.04. The Labute approximate surface area is 112 Å². The van der Waals surface area contributed by atoms with Crippen molar-refractivity contribution in [1.82, 2.24) is 4.98 Å². The zero-order valence-corrected chi connectivity index (χ0v) is 9.99. The Hall–Kier alpha value is -2.70. The van der Waals surface area contributed by atoms with Gasteiger partial charge >= 0.3 is 0 Å². The van der Waals surface area contributed by atoms with Crippen molar-refractivity contribution < 1.29 is 18.5 Å². The Morgan fingerprint density at radius 1 is 1.25 bits per heavy atom. The largest absolute Gasteiger partial charge is 0.287 e. The lowest BCUT2D eigenvalue weighted by atomic mass is 10.0. The summed E-state index contributed by atoms with van der Waals surface area (Å²) in [7, 11) is 0. The number of carbonyl (C=O) groups excluding carboxylic acids is 1. The van der Waals surface area contributed by atoms with Gasteiger partial charge in [0.1, 0.15) is 5.69 Å². The molecule has 0 saturated heterocycles. The number of pyridine rings is 1. The van der Waals surface area contributed by atoms with Gasteiger partial charge in [-0.15, -0.1) is 0 Å². The average molecular weight is 278 g/mol. The maximum Gasteiger partial charge on any atom is 0.279 e. The third-order valence-electron chi connectivity index (χ3n) is 2.62. The summed E-state index contributed by atoms with van der Waals surface area (Å²) in [5, 5.41) is 10.8. The maximum absolute atomic E-state index is 12.6. The SMILES string of the molecule is O=C(c1ccc(C(F)F)c([N+](=O)[O-])c1)c1ccccn1. The second-order valence-corrected chi connectivity index (χ2v) is 3.88. The summed E-state index contributed by atoms with van der Waals surface area (Å²) in [6.45, 7) is 0. The van der Waals surface area contributed by atoms with Crippen LogP contribution in [0.4, 0.5) is 14.5 Å². The molecule has 0 atom stereocenters. The van der Waals surface area contributed by atoms with Crippen molar-refractivity contribution in [2.45, 2.75) is 6.43 Å². The summed E-state index contributed by atoms with van der Waals surface area (Å²) in [6.07, 6.45) is -1.58. The molecule has 0 radical (unpaired) electrons. The van der Waals surface area contributed by atoms with Crippen LogP contribution in [0.25, 0.3) is 0 Å². The lowest BCUT2D eigenvalue weighted by molar-refractivity contribution is -0.386. The highest BCUT2D eigenvalue weighted by atomic mass is 19.3. The summed E-state index contributed by atoms with van der Waals surface area (Å²) >= 11 is 0. The summed E-state index contributed by atoms with van der Waals surface area (Å²) in [5.41, 5.74) is -1.46. The minimum absolute atomic E-state index is 0.0557. The monoisotopic (exact) mass is 278 g/mol. The van der Waals surface area contributed by atoms with E-state index in [0.29, 0.717) is 0 Å². The first-order valence-corrected chi connectivity index (χ1v) is 5.53. The highest BCUT2D eigenvalue weighted by molar-refractivity contribution is 6.08. The van der Waals surface area contributed by atoms with E-state index in [9.17, 15) is 23.7 Å². The van der Waals surface area contributed by atoms with Crippen molar-refractivity contribution in [2.75, 3.05) is 0 Å². The molecule has 0 aliphatic rings. The molecule has 0 fully saturated rings. The van der Waals surface area contributed by atoms with Crippen LogP contribution in [0.1, 0.15) is 28.0 Å². The van der Waals surface area contributed by atoms with E-state index in [-0.39, 0.29) is 11.3 Å². The Morgan fingerprint density at radius 2 is 2.00 bits per heavy atom. The second kappa shape index (κ2) is 5.52. The standard InChI is InChI=1S/C13H8F2N2O3/c14-13(15)9-5-4-8(7-11(9)17(19)20)12(18)10-3-1-2-6-16-10/h1-7,13H. The highest BCUT2D eigenvalue weighted by Crippen LogP contribution is 2.30. The van der Waals surface area contributed by atoms with Crippen molar-refractivity contribution in [3.63, 3.8) is 0 Å². The summed E-state index contributed by atoms with van der Waals surface area (Å²) in [5.74, 6) is -0.561. The molecule has 2 aromatic rings. The van der Waals surface area contributed by atoms with Crippen molar-refractivity contribution in [3.05, 3.63) is 69.5 Å². The Morgan fingerprint density at radius 3 is 2.55 bits per heavy atom. The molecule has 0 aliphatic carbocycles. The van der Waals surface area contributed by atoms with Crippen LogP contribution in [-0.4, -0.2) is 15.7 Å². The number of hydrogen-bond donors (Lipinski definition) is 0. The second-order valence-electron chi connectivity index (χ2n) is 3.88. The van der Waals surface area contributed by atoms with Gasteiger partial charge in [0, 0.05) is 17.8 Å². The van der Waals surface area contributed by atoms with Crippen molar-refractivity contribution in [2.24, 2.45) is 0 Å². The molecule has 0 unspecified atom stereocenters. The molecular formula is C13H8F2N2O3. The summed E-state index contributed by atoms with van der Waals surface area (Å²) in [6, 6.07) is 7.50. The zero-order valence-electron chi connectivity index (χ0n) is 9.99. The molecule has 5 nitrogen and oxygen atoms in total. The van der Waals surface area contributed by atoms with Crippen LogP contribution in [0, 0.1) is 10.1 Å². The molecular weight excluding hydrogens is 270 g/mol. The van der Waals surface area contributed by atoms with Gasteiger partial charge < -0.3 is 0 Å². The molecule has 0 aliphatic heterocycles. The summed E-state index contributed by atoms with van der Waals surface area (Å²) in [4.78, 5) is 25.7. The van der Waals surface area contributed by atoms with Crippen molar-refractivity contribution in [3.8, 4) is 0 Å². The third kappa shape index (κ3) is 2.66. The molecule has 0 spiro atoms. The predicted octanol–water partition coefficient (Wildman–Crippen LogP) is 3.16. The Kier molecular flexibility index (Phi) is 3.79. The molecule has 1 aromatic carbocycles. The van der Waals surface area contributed by atoms with Gasteiger partial charge in [0.05, 0.1) is 10.5 Å². The number of nitro groups is 1. The fourth-order valence-corrected chi connectivity index (χ4v) is 1.67. The number of nitrogens with zero attached hydrogens (tertiary/aromatic N) is 2. The van der Waals surface area contributed by atoms with Crippen LogP contribution in [-0.2, 0) is 0 Å². The number of carbonyl (C=O) groups is 1. The van der Waals surface area contributed by atoms with Gasteiger partial charge in [-0.25, -0.2) is 8.78 Å². The van der Waals surface area contributed by atoms with E-state index in [4.69, 9.17) is 0 Å². The Balaban J connectivity index is 2.47. The number of rotatable bonds is 4. The van der Waals surface area contributed by atoms with E-state index in [1.165, 1.54) is 12.3 Å². The molecule has 7 heteroatoms. The maximum atomic E-state index is 12.6. The van der Waals surface area contributed by atoms with E-state index < -0.39 is 28.4 Å². The van der Waals surface area contributed by atoms with Gasteiger partial charge in [-0.3, -0.25) is 19.9 Å². The minimum atomic E-state index is -2.98. The molecule has 0 saturated carbocycles. The molecule has 102 valence electrons. The van der Waals surface area contributed by atoms with Crippen LogP contribution >= 0.6 is 0 Å². The average Bonchev–Trinajstić information content (AvgIpc) is 2.46. The van der Waals surface area contributed by atoms with Crippen molar-refractivity contribution in [1.29, 1.82) is 0 Å². The third-order valence-corrected chi connectivity index (χ3v) is 2.62. The highest BCUT2D eigenvalue weighted by Gasteiger charge is 2.23. The van der Waals surface area contributed by atoms with Gasteiger partial charge in [0.15, 0.2) is 0 Å². The van der Waals surface area contributed by atoms with E-state index in [2.05, 4.69) is 4.98 Å². The van der Waals surface area contributed by atoms with Crippen LogP contribution in [0.15, 0.2) is 42.6 Å². The van der Waals surface area contributed by atoms with Crippen molar-refractivity contribution >= 4 is 11.5 Å². The molecule has 1 heterocycles. The first kappa shape index (κ1) is 13.7. The van der Waals surface area contributed by atoms with E-state index in [1.807, 2.05) is 0 Å². The predicted molar refractivity (Wildman–Crippen MR) is 65.7 cm³/mol. The van der Waals surface area contributed by atoms with Crippen LogP contribution < -0.4 is 0 Å². The number of halogens is 2. The molecule has 1 aromatic heterocycles. The number of alkyl halides is 2. The number of aromatic nitrogens is 1. The number of nitro benzene ring substituents is 1. The fraction of sp³-hybridized carbons (Fsp3) is 0.0769. The molecule has 0 amide bonds. The first-order chi connectivity index (χ1) is 9.50. The summed E-state index contributed by atoms with van der Waals surface area (Å²) < 4.78 is 25.3. The topological polar surface area (TPSA) is 73.1 Å². The van der Waals surface area contributed by atoms with Gasteiger partial charge in [-0.1, -0.05) is 6.07 Å². The van der Waals surface area contributed by atoms with Gasteiger partial charge in [-0.2, -0.15) is 0 Å². The lowest BCUT2D eigenvalue weighted by Crippen LogP contribution is -2.05. The first-order valence-electron chi connectivity index (χ1n) is 5.53. The molecule has 20 heavy (non-hydrogen) atoms.